The lowest BCUT2D eigenvalue weighted by Crippen LogP contribution is -2.42. The maximum absolute atomic E-state index is 12.9. The van der Waals surface area contributed by atoms with E-state index in [0.717, 1.165) is 60.6 Å². The van der Waals surface area contributed by atoms with E-state index in [0.29, 0.717) is 25.3 Å². The number of carbonyl (C=O) groups excluding carboxylic acids is 2. The Morgan fingerprint density at radius 1 is 0.976 bits per heavy atom. The minimum absolute atomic E-state index is 0.101. The summed E-state index contributed by atoms with van der Waals surface area (Å²) >= 11 is 0. The molecule has 1 saturated heterocycles. The Bertz CT molecular complexity index is 1420. The molecule has 9 heteroatoms. The molecule has 2 amide bonds. The van der Waals surface area contributed by atoms with Crippen LogP contribution < -0.4 is 10.6 Å². The predicted octanol–water partition coefficient (Wildman–Crippen LogP) is 5.42. The Kier molecular flexibility index (Phi) is 9.98. The van der Waals surface area contributed by atoms with E-state index in [1.165, 1.54) is 0 Å². The zero-order valence-electron chi connectivity index (χ0n) is 23.9. The Morgan fingerprint density at radius 2 is 1.76 bits per heavy atom. The number of pyridine rings is 1. The summed E-state index contributed by atoms with van der Waals surface area (Å²) in [5, 5.41) is 6.22. The Morgan fingerprint density at radius 3 is 2.50 bits per heavy atom. The van der Waals surface area contributed by atoms with Crippen molar-refractivity contribution in [3.63, 3.8) is 0 Å². The lowest BCUT2D eigenvalue weighted by atomic mass is 10.0. The van der Waals surface area contributed by atoms with Crippen molar-refractivity contribution >= 4 is 17.7 Å². The number of ether oxygens (including phenoxy) is 1. The topological polar surface area (TPSA) is 99.9 Å². The van der Waals surface area contributed by atoms with Crippen molar-refractivity contribution in [2.75, 3.05) is 38.5 Å². The largest absolute Gasteiger partial charge is 0.468 e. The number of piperidine rings is 1. The highest BCUT2D eigenvalue weighted by molar-refractivity contribution is 5.92. The van der Waals surface area contributed by atoms with Crippen LogP contribution in [0.2, 0.25) is 0 Å². The highest BCUT2D eigenvalue weighted by Crippen LogP contribution is 2.28. The number of nitrogens with zero attached hydrogens (tertiary/aromatic N) is 3. The molecule has 0 atom stereocenters. The van der Waals surface area contributed by atoms with Crippen LogP contribution in [0.15, 0.2) is 95.7 Å². The van der Waals surface area contributed by atoms with Gasteiger partial charge in [0.1, 0.15) is 17.6 Å². The average Bonchev–Trinajstić information content (AvgIpc) is 3.55. The predicted molar refractivity (Wildman–Crippen MR) is 162 cm³/mol. The second kappa shape index (κ2) is 14.4. The maximum atomic E-state index is 12.9. The summed E-state index contributed by atoms with van der Waals surface area (Å²) in [5.74, 6) is 0.773. The fourth-order valence-electron chi connectivity index (χ4n) is 4.99. The van der Waals surface area contributed by atoms with Gasteiger partial charge in [-0.3, -0.25) is 15.1 Å². The van der Waals surface area contributed by atoms with Crippen LogP contribution in [-0.4, -0.2) is 66.1 Å². The number of nitrogens with one attached hydrogen (secondary N) is 2. The quantitative estimate of drug-likeness (QED) is 0.250. The fourth-order valence-corrected chi connectivity index (χ4v) is 4.99. The third-order valence-electron chi connectivity index (χ3n) is 7.41. The zero-order chi connectivity index (χ0) is 29.1. The molecule has 42 heavy (non-hydrogen) atoms. The van der Waals surface area contributed by atoms with Gasteiger partial charge in [-0.2, -0.15) is 0 Å². The molecule has 0 unspecified atom stereocenters. The normalized spacial score (nSPS) is 13.9. The van der Waals surface area contributed by atoms with Crippen molar-refractivity contribution < 1.29 is 18.7 Å². The van der Waals surface area contributed by atoms with Gasteiger partial charge in [0.2, 0.25) is 0 Å². The molecule has 4 aromatic rings. The molecule has 218 valence electrons. The fraction of sp³-hybridized carbons (Fsp3) is 0.303. The van der Waals surface area contributed by atoms with E-state index in [-0.39, 0.29) is 12.0 Å². The maximum Gasteiger partial charge on any atom is 0.411 e. The molecule has 1 fully saturated rings. The summed E-state index contributed by atoms with van der Waals surface area (Å²) < 4.78 is 11.1. The third-order valence-corrected chi connectivity index (χ3v) is 7.41. The van der Waals surface area contributed by atoms with Crippen molar-refractivity contribution in [1.29, 1.82) is 0 Å². The van der Waals surface area contributed by atoms with Crippen LogP contribution in [0, 0.1) is 0 Å². The van der Waals surface area contributed by atoms with E-state index < -0.39 is 6.09 Å². The number of carbonyl (C=O) groups is 2. The van der Waals surface area contributed by atoms with Crippen LogP contribution in [0.5, 0.6) is 0 Å². The van der Waals surface area contributed by atoms with Gasteiger partial charge in [-0.05, 0) is 48.2 Å². The molecule has 5 rings (SSSR count). The standard InChI is InChI=1S/C33H37N5O4/c1-37(32(39)31-14-13-25(23-35-31)22-34-24-28-10-7-21-41-28)19-20-38-17-15-27(16-18-38)42-33(40)36-30-12-6-5-11-29(30)26-8-3-2-4-9-26/h2-14,21,23,27,34H,15-20,22,24H2,1H3,(H,36,40). The number of likely N-dealkylation sites (N-methyl/N-ethyl adjacent to an activating group) is 1. The lowest BCUT2D eigenvalue weighted by Gasteiger charge is -2.32. The average molecular weight is 568 g/mol. The van der Waals surface area contributed by atoms with Gasteiger partial charge in [0, 0.05) is 51.5 Å². The first kappa shape index (κ1) is 29.0. The lowest BCUT2D eigenvalue weighted by molar-refractivity contribution is 0.0539. The van der Waals surface area contributed by atoms with E-state index >= 15 is 0 Å². The summed E-state index contributed by atoms with van der Waals surface area (Å²) in [7, 11) is 1.80. The molecular weight excluding hydrogens is 530 g/mol. The van der Waals surface area contributed by atoms with Crippen LogP contribution in [0.4, 0.5) is 10.5 Å². The monoisotopic (exact) mass is 567 g/mol. The van der Waals surface area contributed by atoms with Crippen molar-refractivity contribution in [2.24, 2.45) is 0 Å². The van der Waals surface area contributed by atoms with Gasteiger partial charge in [0.25, 0.3) is 5.91 Å². The van der Waals surface area contributed by atoms with Crippen molar-refractivity contribution in [2.45, 2.75) is 32.0 Å². The van der Waals surface area contributed by atoms with E-state index in [1.807, 2.05) is 72.8 Å². The minimum atomic E-state index is -0.436. The van der Waals surface area contributed by atoms with E-state index in [1.54, 1.807) is 30.5 Å². The number of aromatic nitrogens is 1. The molecule has 2 aromatic heterocycles. The SMILES string of the molecule is CN(CCN1CCC(OC(=O)Nc2ccccc2-c2ccccc2)CC1)C(=O)c1ccc(CNCc2ccco2)cn1. The first-order valence-electron chi connectivity index (χ1n) is 14.3. The second-order valence-electron chi connectivity index (χ2n) is 10.4. The van der Waals surface area contributed by atoms with E-state index in [2.05, 4.69) is 20.5 Å². The number of para-hydroxylation sites is 1. The number of hydrogen-bond donors (Lipinski definition) is 2. The summed E-state index contributed by atoms with van der Waals surface area (Å²) in [6.07, 6.45) is 4.32. The molecule has 0 aliphatic carbocycles. The molecule has 0 bridgehead atoms. The number of furan rings is 1. The molecule has 9 nitrogen and oxygen atoms in total. The van der Waals surface area contributed by atoms with Gasteiger partial charge in [-0.15, -0.1) is 0 Å². The van der Waals surface area contributed by atoms with Crippen LogP contribution in [-0.2, 0) is 17.8 Å². The van der Waals surface area contributed by atoms with Crippen molar-refractivity contribution in [3.05, 3.63) is 108 Å². The number of amides is 2. The van der Waals surface area contributed by atoms with Crippen molar-refractivity contribution in [1.82, 2.24) is 20.1 Å². The molecule has 1 aliphatic heterocycles. The van der Waals surface area contributed by atoms with Gasteiger partial charge < -0.3 is 24.3 Å². The molecule has 0 saturated carbocycles. The summed E-state index contributed by atoms with van der Waals surface area (Å²) in [6, 6.07) is 25.2. The second-order valence-corrected chi connectivity index (χ2v) is 10.4. The number of hydrogen-bond acceptors (Lipinski definition) is 7. The first-order valence-corrected chi connectivity index (χ1v) is 14.3. The number of benzene rings is 2. The van der Waals surface area contributed by atoms with E-state index in [4.69, 9.17) is 9.15 Å². The highest BCUT2D eigenvalue weighted by atomic mass is 16.6. The molecule has 2 aromatic carbocycles. The molecule has 3 heterocycles. The summed E-state index contributed by atoms with van der Waals surface area (Å²) in [4.78, 5) is 34.0. The molecule has 0 spiro atoms. The Labute approximate surface area is 246 Å². The van der Waals surface area contributed by atoms with Crippen LogP contribution in [0.1, 0.15) is 34.7 Å². The molecular formula is C33H37N5O4. The van der Waals surface area contributed by atoms with Gasteiger partial charge in [-0.1, -0.05) is 54.6 Å². The Hall–Kier alpha value is -4.47. The molecule has 1 aliphatic rings. The zero-order valence-corrected chi connectivity index (χ0v) is 23.9. The summed E-state index contributed by atoms with van der Waals surface area (Å²) in [5.41, 5.74) is 4.14. The number of rotatable bonds is 11. The van der Waals surface area contributed by atoms with Crippen LogP contribution in [0.3, 0.4) is 0 Å². The van der Waals surface area contributed by atoms with Gasteiger partial charge in [0.05, 0.1) is 18.5 Å². The smallest absolute Gasteiger partial charge is 0.411 e. The van der Waals surface area contributed by atoms with Gasteiger partial charge >= 0.3 is 6.09 Å². The summed E-state index contributed by atoms with van der Waals surface area (Å²) in [6.45, 7) is 4.23. The van der Waals surface area contributed by atoms with Crippen LogP contribution >= 0.6 is 0 Å². The third kappa shape index (κ3) is 8.05. The number of likely N-dealkylation sites (tertiary alicyclic amines) is 1. The molecule has 2 N–H and O–H groups in total. The minimum Gasteiger partial charge on any atom is -0.468 e. The first-order chi connectivity index (χ1) is 20.5. The van der Waals surface area contributed by atoms with Gasteiger partial charge in [0.15, 0.2) is 0 Å². The van der Waals surface area contributed by atoms with E-state index in [9.17, 15) is 9.59 Å². The van der Waals surface area contributed by atoms with Crippen LogP contribution in [0.25, 0.3) is 11.1 Å². The molecule has 0 radical (unpaired) electrons. The van der Waals surface area contributed by atoms with Crippen molar-refractivity contribution in [3.8, 4) is 11.1 Å². The Balaban J connectivity index is 1.01. The number of anilines is 1. The van der Waals surface area contributed by atoms with Gasteiger partial charge in [-0.25, -0.2) is 4.79 Å². The highest BCUT2D eigenvalue weighted by Gasteiger charge is 2.23.